The van der Waals surface area contributed by atoms with E-state index in [0.717, 1.165) is 6.54 Å². The molecule has 2 saturated heterocycles. The minimum atomic E-state index is -0.451. The van der Waals surface area contributed by atoms with Gasteiger partial charge in [0.25, 0.3) is 0 Å². The van der Waals surface area contributed by atoms with Crippen molar-refractivity contribution >= 4 is 5.69 Å². The molecule has 2 aliphatic heterocycles. The molecule has 1 N–H and O–H groups in total. The highest BCUT2D eigenvalue weighted by molar-refractivity contribution is 5.51. The molecular weight excluding hydrogens is 264 g/mol. The molecule has 2 heterocycles. The van der Waals surface area contributed by atoms with Crippen LogP contribution in [0.2, 0.25) is 0 Å². The van der Waals surface area contributed by atoms with Crippen LogP contribution in [0.5, 0.6) is 0 Å². The van der Waals surface area contributed by atoms with Crippen molar-refractivity contribution in [2.75, 3.05) is 31.6 Å². The Morgan fingerprint density at radius 3 is 2.52 bits per heavy atom. The average molecular weight is 290 g/mol. The van der Waals surface area contributed by atoms with E-state index >= 15 is 0 Å². The van der Waals surface area contributed by atoms with Crippen LogP contribution in [-0.2, 0) is 16.0 Å². The Labute approximate surface area is 127 Å². The van der Waals surface area contributed by atoms with Gasteiger partial charge >= 0.3 is 0 Å². The van der Waals surface area contributed by atoms with E-state index in [0.29, 0.717) is 13.2 Å². The predicted octanol–water partition coefficient (Wildman–Crippen LogP) is 2.85. The number of anilines is 1. The molecule has 0 saturated carbocycles. The summed E-state index contributed by atoms with van der Waals surface area (Å²) in [6, 6.07) is 8.80. The van der Waals surface area contributed by atoms with E-state index in [2.05, 4.69) is 34.5 Å². The van der Waals surface area contributed by atoms with Crippen molar-refractivity contribution in [2.45, 2.75) is 45.1 Å². The maximum Gasteiger partial charge on any atom is 0.162 e. The molecule has 116 valence electrons. The fraction of sp³-hybridized carbons (Fsp3) is 0.647. The SMILES string of the molecule is CC1(C)OCC(Nc2ccccc2CN2CCCC2)CO1. The fourth-order valence-electron chi connectivity index (χ4n) is 2.98. The molecular formula is C17H26N2O2. The van der Waals surface area contributed by atoms with E-state index in [4.69, 9.17) is 9.47 Å². The zero-order valence-electron chi connectivity index (χ0n) is 13.1. The Bertz CT molecular complexity index is 460. The van der Waals surface area contributed by atoms with Crippen molar-refractivity contribution in [1.82, 2.24) is 4.90 Å². The Kier molecular flexibility index (Phi) is 4.48. The van der Waals surface area contributed by atoms with Gasteiger partial charge in [0.15, 0.2) is 5.79 Å². The lowest BCUT2D eigenvalue weighted by atomic mass is 10.1. The summed E-state index contributed by atoms with van der Waals surface area (Å²) in [5.74, 6) is -0.451. The van der Waals surface area contributed by atoms with Gasteiger partial charge in [-0.2, -0.15) is 0 Å². The maximum atomic E-state index is 5.73. The molecule has 0 unspecified atom stereocenters. The largest absolute Gasteiger partial charge is 0.377 e. The molecule has 0 atom stereocenters. The summed E-state index contributed by atoms with van der Waals surface area (Å²) in [4.78, 5) is 2.53. The molecule has 2 aliphatic rings. The van der Waals surface area contributed by atoms with Gasteiger partial charge in [-0.25, -0.2) is 0 Å². The zero-order chi connectivity index (χ0) is 14.7. The summed E-state index contributed by atoms with van der Waals surface area (Å²) < 4.78 is 11.5. The fourth-order valence-corrected chi connectivity index (χ4v) is 2.98. The summed E-state index contributed by atoms with van der Waals surface area (Å²) in [5.41, 5.74) is 2.57. The highest BCUT2D eigenvalue weighted by Gasteiger charge is 2.28. The predicted molar refractivity (Wildman–Crippen MR) is 84.3 cm³/mol. The van der Waals surface area contributed by atoms with Gasteiger partial charge in [0.2, 0.25) is 0 Å². The van der Waals surface area contributed by atoms with Gasteiger partial charge in [-0.1, -0.05) is 18.2 Å². The monoisotopic (exact) mass is 290 g/mol. The molecule has 1 aromatic carbocycles. The van der Waals surface area contributed by atoms with Crippen LogP contribution in [0.4, 0.5) is 5.69 Å². The van der Waals surface area contributed by atoms with E-state index in [1.54, 1.807) is 0 Å². The molecule has 4 heteroatoms. The highest BCUT2D eigenvalue weighted by Crippen LogP contribution is 2.23. The summed E-state index contributed by atoms with van der Waals surface area (Å²) in [7, 11) is 0. The highest BCUT2D eigenvalue weighted by atomic mass is 16.7. The van der Waals surface area contributed by atoms with Crippen LogP contribution in [0.25, 0.3) is 0 Å². The Morgan fingerprint density at radius 2 is 1.81 bits per heavy atom. The number of nitrogens with one attached hydrogen (secondary N) is 1. The number of ether oxygens (including phenoxy) is 2. The number of para-hydroxylation sites is 1. The van der Waals surface area contributed by atoms with Crippen molar-refractivity contribution in [3.63, 3.8) is 0 Å². The van der Waals surface area contributed by atoms with E-state index in [9.17, 15) is 0 Å². The molecule has 0 bridgehead atoms. The maximum absolute atomic E-state index is 5.73. The number of likely N-dealkylation sites (tertiary alicyclic amines) is 1. The first kappa shape index (κ1) is 14.8. The van der Waals surface area contributed by atoms with Crippen molar-refractivity contribution in [1.29, 1.82) is 0 Å². The van der Waals surface area contributed by atoms with Crippen LogP contribution in [-0.4, -0.2) is 43.0 Å². The second-order valence-corrected chi connectivity index (χ2v) is 6.50. The molecule has 4 nitrogen and oxygen atoms in total. The standard InChI is InChI=1S/C17H26N2O2/c1-17(2)20-12-15(13-21-17)18-16-8-4-3-7-14(16)11-19-9-5-6-10-19/h3-4,7-8,15,18H,5-6,9-13H2,1-2H3. The van der Waals surface area contributed by atoms with Gasteiger partial charge < -0.3 is 14.8 Å². The number of rotatable bonds is 4. The molecule has 21 heavy (non-hydrogen) atoms. The lowest BCUT2D eigenvalue weighted by Gasteiger charge is -2.36. The molecule has 1 aromatic rings. The van der Waals surface area contributed by atoms with Gasteiger partial charge in [0, 0.05) is 12.2 Å². The first-order chi connectivity index (χ1) is 10.1. The Hall–Kier alpha value is -1.10. The van der Waals surface area contributed by atoms with E-state index in [1.165, 1.54) is 37.2 Å². The number of hydrogen-bond acceptors (Lipinski definition) is 4. The third-order valence-electron chi connectivity index (χ3n) is 4.23. The van der Waals surface area contributed by atoms with Gasteiger partial charge in [-0.15, -0.1) is 0 Å². The minimum Gasteiger partial charge on any atom is -0.377 e. The Morgan fingerprint density at radius 1 is 1.14 bits per heavy atom. The van der Waals surface area contributed by atoms with E-state index in [-0.39, 0.29) is 6.04 Å². The molecule has 0 spiro atoms. The second-order valence-electron chi connectivity index (χ2n) is 6.50. The van der Waals surface area contributed by atoms with Gasteiger partial charge in [0.05, 0.1) is 19.3 Å². The third-order valence-corrected chi connectivity index (χ3v) is 4.23. The van der Waals surface area contributed by atoms with Crippen LogP contribution >= 0.6 is 0 Å². The first-order valence-corrected chi connectivity index (χ1v) is 7.97. The normalized spacial score (nSPS) is 23.3. The van der Waals surface area contributed by atoms with Crippen LogP contribution in [0.3, 0.4) is 0 Å². The van der Waals surface area contributed by atoms with Crippen LogP contribution in [0.1, 0.15) is 32.3 Å². The smallest absolute Gasteiger partial charge is 0.162 e. The number of nitrogens with zero attached hydrogens (tertiary/aromatic N) is 1. The average Bonchev–Trinajstić information content (AvgIpc) is 2.96. The summed E-state index contributed by atoms with van der Waals surface area (Å²) in [6.45, 7) is 8.77. The molecule has 2 fully saturated rings. The van der Waals surface area contributed by atoms with Gasteiger partial charge in [0.1, 0.15) is 0 Å². The summed E-state index contributed by atoms with van der Waals surface area (Å²) >= 11 is 0. The van der Waals surface area contributed by atoms with Crippen molar-refractivity contribution in [3.8, 4) is 0 Å². The quantitative estimate of drug-likeness (QED) is 0.924. The number of benzene rings is 1. The zero-order valence-corrected chi connectivity index (χ0v) is 13.1. The van der Waals surface area contributed by atoms with Crippen molar-refractivity contribution in [2.24, 2.45) is 0 Å². The molecule has 3 rings (SSSR count). The lowest BCUT2D eigenvalue weighted by molar-refractivity contribution is -0.247. The van der Waals surface area contributed by atoms with Gasteiger partial charge in [-0.05, 0) is 51.4 Å². The summed E-state index contributed by atoms with van der Waals surface area (Å²) in [5, 5.41) is 3.58. The van der Waals surface area contributed by atoms with E-state index in [1.807, 2.05) is 13.8 Å². The first-order valence-electron chi connectivity index (χ1n) is 7.97. The topological polar surface area (TPSA) is 33.7 Å². The Balaban J connectivity index is 1.62. The van der Waals surface area contributed by atoms with E-state index < -0.39 is 5.79 Å². The number of hydrogen-bond donors (Lipinski definition) is 1. The summed E-state index contributed by atoms with van der Waals surface area (Å²) in [6.07, 6.45) is 2.66. The third kappa shape index (κ3) is 3.96. The van der Waals surface area contributed by atoms with Crippen molar-refractivity contribution < 1.29 is 9.47 Å². The second kappa shape index (κ2) is 6.34. The lowest BCUT2D eigenvalue weighted by Crippen LogP contribution is -2.45. The van der Waals surface area contributed by atoms with Gasteiger partial charge in [-0.3, -0.25) is 4.90 Å². The molecule has 0 amide bonds. The molecule has 0 aromatic heterocycles. The van der Waals surface area contributed by atoms with Crippen molar-refractivity contribution in [3.05, 3.63) is 29.8 Å². The minimum absolute atomic E-state index is 0.220. The van der Waals surface area contributed by atoms with Crippen LogP contribution in [0, 0.1) is 0 Å². The molecule has 0 radical (unpaired) electrons. The molecule has 0 aliphatic carbocycles. The van der Waals surface area contributed by atoms with Crippen LogP contribution < -0.4 is 5.32 Å². The van der Waals surface area contributed by atoms with Crippen LogP contribution in [0.15, 0.2) is 24.3 Å².